The van der Waals surface area contributed by atoms with Crippen LogP contribution in [-0.4, -0.2) is 62.0 Å². The Bertz CT molecular complexity index is 773. The Labute approximate surface area is 162 Å². The maximum Gasteiger partial charge on any atom is 0.224 e. The van der Waals surface area contributed by atoms with Crippen LogP contribution in [0.25, 0.3) is 11.0 Å². The fourth-order valence-corrected chi connectivity index (χ4v) is 3.84. The van der Waals surface area contributed by atoms with Gasteiger partial charge in [-0.1, -0.05) is 13.8 Å². The molecule has 148 valence electrons. The molecular formula is C22H33N3O2. The molecule has 0 radical (unpaired) electrons. The molecular weight excluding hydrogens is 338 g/mol. The number of nitrogens with zero attached hydrogens (tertiary/aromatic N) is 2. The number of piperazine rings is 1. The van der Waals surface area contributed by atoms with E-state index in [-0.39, 0.29) is 5.91 Å². The molecule has 1 aromatic carbocycles. The summed E-state index contributed by atoms with van der Waals surface area (Å²) in [5.41, 5.74) is 4.41. The first kappa shape index (κ1) is 19.9. The highest BCUT2D eigenvalue weighted by Gasteiger charge is 2.15. The molecule has 5 nitrogen and oxygen atoms in total. The maximum absolute atomic E-state index is 12.4. The fourth-order valence-electron chi connectivity index (χ4n) is 3.84. The summed E-state index contributed by atoms with van der Waals surface area (Å²) in [5, 5.41) is 4.13. The van der Waals surface area contributed by atoms with Gasteiger partial charge in [0.15, 0.2) is 0 Å². The molecule has 1 saturated heterocycles. The van der Waals surface area contributed by atoms with Gasteiger partial charge in [0, 0.05) is 43.7 Å². The molecule has 0 saturated carbocycles. The average molecular weight is 372 g/mol. The molecule has 1 fully saturated rings. The van der Waals surface area contributed by atoms with E-state index in [2.05, 4.69) is 55.1 Å². The van der Waals surface area contributed by atoms with Crippen LogP contribution < -0.4 is 5.32 Å². The van der Waals surface area contributed by atoms with Gasteiger partial charge < -0.3 is 19.5 Å². The lowest BCUT2D eigenvalue weighted by atomic mass is 9.95. The molecule has 2 heterocycles. The summed E-state index contributed by atoms with van der Waals surface area (Å²) in [4.78, 5) is 17.2. The number of furan rings is 1. The molecule has 27 heavy (non-hydrogen) atoms. The third-order valence-electron chi connectivity index (χ3n) is 5.58. The van der Waals surface area contributed by atoms with Crippen LogP contribution in [0, 0.1) is 6.92 Å². The Hall–Kier alpha value is -1.85. The highest BCUT2D eigenvalue weighted by molar-refractivity contribution is 5.88. The van der Waals surface area contributed by atoms with E-state index in [9.17, 15) is 4.79 Å². The largest absolute Gasteiger partial charge is 0.464 e. The minimum absolute atomic E-state index is 0.0720. The van der Waals surface area contributed by atoms with Gasteiger partial charge in [0.1, 0.15) is 5.58 Å². The van der Waals surface area contributed by atoms with Crippen molar-refractivity contribution in [2.75, 3.05) is 46.3 Å². The van der Waals surface area contributed by atoms with Crippen molar-refractivity contribution in [2.24, 2.45) is 0 Å². The lowest BCUT2D eigenvalue weighted by Gasteiger charge is -2.32. The smallest absolute Gasteiger partial charge is 0.224 e. The molecule has 0 spiro atoms. The molecule has 1 aromatic heterocycles. The van der Waals surface area contributed by atoms with Gasteiger partial charge in [-0.2, -0.15) is 0 Å². The van der Waals surface area contributed by atoms with Gasteiger partial charge in [-0.3, -0.25) is 4.79 Å². The number of carbonyl (C=O) groups excluding carboxylic acids is 1. The molecule has 0 aliphatic carbocycles. The number of hydrogen-bond donors (Lipinski definition) is 1. The van der Waals surface area contributed by atoms with Crippen molar-refractivity contribution in [3.05, 3.63) is 35.1 Å². The first-order valence-electron chi connectivity index (χ1n) is 10.1. The summed E-state index contributed by atoms with van der Waals surface area (Å²) in [6.45, 7) is 12.8. The van der Waals surface area contributed by atoms with E-state index in [1.807, 2.05) is 0 Å². The van der Waals surface area contributed by atoms with Crippen molar-refractivity contribution in [1.82, 2.24) is 15.1 Å². The summed E-state index contributed by atoms with van der Waals surface area (Å²) in [5.74, 6) is 0.531. The van der Waals surface area contributed by atoms with Gasteiger partial charge in [-0.15, -0.1) is 0 Å². The lowest BCUT2D eigenvalue weighted by molar-refractivity contribution is -0.120. The first-order chi connectivity index (χ1) is 12.9. The zero-order valence-corrected chi connectivity index (χ0v) is 17.2. The van der Waals surface area contributed by atoms with E-state index in [0.29, 0.717) is 12.3 Å². The van der Waals surface area contributed by atoms with Crippen LogP contribution in [0.15, 0.2) is 22.8 Å². The van der Waals surface area contributed by atoms with E-state index in [1.165, 1.54) is 11.1 Å². The highest BCUT2D eigenvalue weighted by Crippen LogP contribution is 2.29. The van der Waals surface area contributed by atoms with Gasteiger partial charge in [-0.25, -0.2) is 0 Å². The van der Waals surface area contributed by atoms with Gasteiger partial charge in [0.2, 0.25) is 5.91 Å². The molecule has 0 bridgehead atoms. The number of hydrogen-bond acceptors (Lipinski definition) is 4. The van der Waals surface area contributed by atoms with Gasteiger partial charge >= 0.3 is 0 Å². The highest BCUT2D eigenvalue weighted by atomic mass is 16.3. The van der Waals surface area contributed by atoms with E-state index >= 15 is 0 Å². The van der Waals surface area contributed by atoms with Crippen LogP contribution >= 0.6 is 0 Å². The van der Waals surface area contributed by atoms with Crippen molar-refractivity contribution in [3.8, 4) is 0 Å². The van der Waals surface area contributed by atoms with E-state index in [4.69, 9.17) is 4.42 Å². The van der Waals surface area contributed by atoms with E-state index in [1.54, 1.807) is 6.26 Å². The second-order valence-corrected chi connectivity index (χ2v) is 8.15. The normalized spacial score (nSPS) is 16.3. The molecule has 3 rings (SSSR count). The predicted octanol–water partition coefficient (Wildman–Crippen LogP) is 3.16. The number of nitrogens with one attached hydrogen (secondary N) is 1. The number of fused-ring (bicyclic) bond motifs is 1. The number of rotatable bonds is 7. The lowest BCUT2D eigenvalue weighted by Crippen LogP contribution is -2.45. The predicted molar refractivity (Wildman–Crippen MR) is 110 cm³/mol. The minimum Gasteiger partial charge on any atom is -0.464 e. The summed E-state index contributed by atoms with van der Waals surface area (Å²) in [7, 11) is 2.17. The van der Waals surface area contributed by atoms with Crippen molar-refractivity contribution < 1.29 is 9.21 Å². The van der Waals surface area contributed by atoms with Crippen molar-refractivity contribution in [1.29, 1.82) is 0 Å². The molecule has 2 aromatic rings. The summed E-state index contributed by atoms with van der Waals surface area (Å²) in [6, 6.07) is 4.27. The third-order valence-corrected chi connectivity index (χ3v) is 5.58. The summed E-state index contributed by atoms with van der Waals surface area (Å²) >= 11 is 0. The van der Waals surface area contributed by atoms with Gasteiger partial charge in [0.25, 0.3) is 0 Å². The molecule has 1 amide bonds. The SMILES string of the molecule is Cc1cc2occ(CC(=O)NCCCN3CCN(C)CC3)c2cc1C(C)C. The number of likely N-dealkylation sites (N-methyl/N-ethyl adjacent to an activating group) is 1. The topological polar surface area (TPSA) is 48.7 Å². The number of amides is 1. The van der Waals surface area contributed by atoms with Crippen LogP contribution in [-0.2, 0) is 11.2 Å². The van der Waals surface area contributed by atoms with Gasteiger partial charge in [-0.05, 0) is 56.1 Å². The Kier molecular flexibility index (Phi) is 6.55. The van der Waals surface area contributed by atoms with Crippen LogP contribution in [0.1, 0.15) is 42.9 Å². The zero-order chi connectivity index (χ0) is 19.4. The standard InChI is InChI=1S/C22H33N3O2/c1-16(2)19-14-20-18(15-27-21(20)12-17(19)3)13-22(26)23-6-5-7-25-10-8-24(4)9-11-25/h12,14-16H,5-11,13H2,1-4H3,(H,23,26). The number of carbonyl (C=O) groups is 1. The molecule has 0 atom stereocenters. The van der Waals surface area contributed by atoms with Gasteiger partial charge in [0.05, 0.1) is 12.7 Å². The number of aryl methyl sites for hydroxylation is 1. The van der Waals surface area contributed by atoms with Crippen molar-refractivity contribution in [3.63, 3.8) is 0 Å². The van der Waals surface area contributed by atoms with E-state index < -0.39 is 0 Å². The minimum atomic E-state index is 0.0720. The molecule has 1 aliphatic rings. The molecule has 1 aliphatic heterocycles. The monoisotopic (exact) mass is 371 g/mol. The molecule has 1 N–H and O–H groups in total. The van der Waals surface area contributed by atoms with Crippen LogP contribution in [0.5, 0.6) is 0 Å². The maximum atomic E-state index is 12.4. The fraction of sp³-hybridized carbons (Fsp3) is 0.591. The van der Waals surface area contributed by atoms with Crippen LogP contribution in [0.2, 0.25) is 0 Å². The Morgan fingerprint density at radius 1 is 1.22 bits per heavy atom. The second kappa shape index (κ2) is 8.89. The van der Waals surface area contributed by atoms with Crippen LogP contribution in [0.4, 0.5) is 0 Å². The quantitative estimate of drug-likeness (QED) is 0.760. The first-order valence-corrected chi connectivity index (χ1v) is 10.1. The Morgan fingerprint density at radius 3 is 2.67 bits per heavy atom. The second-order valence-electron chi connectivity index (χ2n) is 8.15. The Balaban J connectivity index is 1.50. The molecule has 5 heteroatoms. The van der Waals surface area contributed by atoms with Crippen molar-refractivity contribution in [2.45, 2.75) is 39.5 Å². The summed E-state index contributed by atoms with van der Waals surface area (Å²) < 4.78 is 5.69. The Morgan fingerprint density at radius 2 is 1.96 bits per heavy atom. The third kappa shape index (κ3) is 5.11. The average Bonchev–Trinajstić information content (AvgIpc) is 3.01. The number of benzene rings is 1. The van der Waals surface area contributed by atoms with Crippen LogP contribution in [0.3, 0.4) is 0 Å². The molecule has 0 unspecified atom stereocenters. The zero-order valence-electron chi connectivity index (χ0n) is 17.2. The van der Waals surface area contributed by atoms with E-state index in [0.717, 1.165) is 62.2 Å². The summed E-state index contributed by atoms with van der Waals surface area (Å²) in [6.07, 6.45) is 3.11. The van der Waals surface area contributed by atoms with Crippen molar-refractivity contribution >= 4 is 16.9 Å².